The summed E-state index contributed by atoms with van der Waals surface area (Å²) in [6.07, 6.45) is -3.45. The van der Waals surface area contributed by atoms with Crippen molar-refractivity contribution < 1.29 is 26.7 Å². The topological polar surface area (TPSA) is 33.2 Å². The first kappa shape index (κ1) is 20.4. The van der Waals surface area contributed by atoms with Crippen molar-refractivity contribution in [2.24, 2.45) is 0 Å². The predicted octanol–water partition coefficient (Wildman–Crippen LogP) is 5.15. The minimum Gasteiger partial charge on any atom is -0.303 e. The molecule has 0 saturated carbocycles. The number of carbonyl (C=O) groups is 1. The molecule has 0 saturated heterocycles. The second-order valence-corrected chi connectivity index (χ2v) is 6.27. The average Bonchev–Trinajstić information content (AvgIpc) is 2.67. The van der Waals surface area contributed by atoms with E-state index in [1.54, 1.807) is 18.2 Å². The van der Waals surface area contributed by atoms with Gasteiger partial charge in [0.15, 0.2) is 0 Å². The van der Waals surface area contributed by atoms with Crippen LogP contribution in [-0.4, -0.2) is 10.9 Å². The van der Waals surface area contributed by atoms with Crippen LogP contribution in [0.25, 0.3) is 0 Å². The number of amides is 1. The van der Waals surface area contributed by atoms with Gasteiger partial charge in [0.05, 0.1) is 29.9 Å². The predicted molar refractivity (Wildman–Crippen MR) is 96.9 cm³/mol. The molecule has 0 bridgehead atoms. The molecule has 0 aliphatic rings. The van der Waals surface area contributed by atoms with E-state index in [0.717, 1.165) is 29.2 Å². The van der Waals surface area contributed by atoms with E-state index >= 15 is 0 Å². The molecule has 0 radical (unpaired) electrons. The maximum Gasteiger partial charge on any atom is 0.416 e. The highest BCUT2D eigenvalue weighted by Crippen LogP contribution is 2.30. The van der Waals surface area contributed by atoms with Crippen molar-refractivity contribution >= 4 is 11.6 Å². The van der Waals surface area contributed by atoms with Gasteiger partial charge in [0.1, 0.15) is 11.6 Å². The van der Waals surface area contributed by atoms with E-state index in [1.165, 1.54) is 18.3 Å². The first-order valence-electron chi connectivity index (χ1n) is 8.55. The number of halogens is 5. The van der Waals surface area contributed by atoms with Gasteiger partial charge in [-0.25, -0.2) is 8.78 Å². The number of hydrogen-bond acceptors (Lipinski definition) is 2. The lowest BCUT2D eigenvalue weighted by Gasteiger charge is -2.23. The van der Waals surface area contributed by atoms with Crippen LogP contribution in [0.5, 0.6) is 0 Å². The van der Waals surface area contributed by atoms with E-state index in [2.05, 4.69) is 4.98 Å². The molecule has 0 spiro atoms. The maximum atomic E-state index is 14.3. The van der Waals surface area contributed by atoms with Gasteiger partial charge in [-0.05, 0) is 35.9 Å². The summed E-state index contributed by atoms with van der Waals surface area (Å²) < 4.78 is 66.4. The molecule has 0 atom stereocenters. The Bertz CT molecular complexity index is 1010. The van der Waals surface area contributed by atoms with Gasteiger partial charge < -0.3 is 4.90 Å². The van der Waals surface area contributed by atoms with Crippen molar-refractivity contribution in [1.29, 1.82) is 0 Å². The molecule has 0 unspecified atom stereocenters. The highest BCUT2D eigenvalue weighted by molar-refractivity contribution is 5.94. The van der Waals surface area contributed by atoms with E-state index in [1.807, 2.05) is 0 Å². The van der Waals surface area contributed by atoms with Crippen molar-refractivity contribution in [2.45, 2.75) is 19.1 Å². The van der Waals surface area contributed by atoms with Crippen LogP contribution in [0.3, 0.4) is 0 Å². The average molecular weight is 406 g/mol. The largest absolute Gasteiger partial charge is 0.416 e. The lowest BCUT2D eigenvalue weighted by atomic mass is 10.1. The highest BCUT2D eigenvalue weighted by Gasteiger charge is 2.30. The summed E-state index contributed by atoms with van der Waals surface area (Å²) in [5.41, 5.74) is -0.506. The minimum atomic E-state index is -4.55. The Morgan fingerprint density at radius 3 is 2.41 bits per heavy atom. The Morgan fingerprint density at radius 2 is 1.76 bits per heavy atom. The van der Waals surface area contributed by atoms with E-state index in [9.17, 15) is 26.7 Å². The van der Waals surface area contributed by atoms with Crippen molar-refractivity contribution in [3.63, 3.8) is 0 Å². The van der Waals surface area contributed by atoms with Gasteiger partial charge >= 0.3 is 6.18 Å². The molecule has 1 amide bonds. The van der Waals surface area contributed by atoms with Crippen LogP contribution in [0.2, 0.25) is 0 Å². The van der Waals surface area contributed by atoms with Crippen LogP contribution < -0.4 is 4.90 Å². The molecule has 8 heteroatoms. The fraction of sp³-hybridized carbons (Fsp3) is 0.143. The zero-order valence-corrected chi connectivity index (χ0v) is 15.0. The molecule has 3 aromatic rings. The summed E-state index contributed by atoms with van der Waals surface area (Å²) in [5, 5.41) is 0. The summed E-state index contributed by atoms with van der Waals surface area (Å²) in [7, 11) is 0. The molecule has 150 valence electrons. The molecule has 29 heavy (non-hydrogen) atoms. The van der Waals surface area contributed by atoms with Crippen LogP contribution in [-0.2, 0) is 23.9 Å². The zero-order valence-electron chi connectivity index (χ0n) is 15.0. The Kier molecular flexibility index (Phi) is 5.91. The molecular weight excluding hydrogens is 391 g/mol. The van der Waals surface area contributed by atoms with Crippen molar-refractivity contribution in [3.8, 4) is 0 Å². The van der Waals surface area contributed by atoms with Crippen LogP contribution >= 0.6 is 0 Å². The van der Waals surface area contributed by atoms with Crippen molar-refractivity contribution in [1.82, 2.24) is 4.98 Å². The van der Waals surface area contributed by atoms with E-state index in [4.69, 9.17) is 0 Å². The molecular formula is C21H15F5N2O. The summed E-state index contributed by atoms with van der Waals surface area (Å²) >= 11 is 0. The summed E-state index contributed by atoms with van der Waals surface area (Å²) in [6, 6.07) is 12.1. The smallest absolute Gasteiger partial charge is 0.303 e. The molecule has 2 aromatic carbocycles. The fourth-order valence-electron chi connectivity index (χ4n) is 2.79. The van der Waals surface area contributed by atoms with Gasteiger partial charge in [0, 0.05) is 12.3 Å². The third-order valence-electron chi connectivity index (χ3n) is 4.16. The quantitative estimate of drug-likeness (QED) is 0.549. The maximum absolute atomic E-state index is 14.3. The standard InChI is InChI=1S/C21H15F5N2O/c22-16-7-8-19(18(23)12-16)28(13-17-6-1-2-9-27-17)20(29)11-14-4-3-5-15(10-14)21(24,25)26/h1-10,12H,11,13H2. The number of benzene rings is 2. The van der Waals surface area contributed by atoms with Gasteiger partial charge in [0.25, 0.3) is 0 Å². The number of alkyl halides is 3. The minimum absolute atomic E-state index is 0.123. The van der Waals surface area contributed by atoms with Crippen LogP contribution in [0.1, 0.15) is 16.8 Å². The lowest BCUT2D eigenvalue weighted by molar-refractivity contribution is -0.137. The Morgan fingerprint density at radius 1 is 0.966 bits per heavy atom. The summed E-state index contributed by atoms with van der Waals surface area (Å²) in [4.78, 5) is 18.0. The van der Waals surface area contributed by atoms with Gasteiger partial charge in [-0.15, -0.1) is 0 Å². The molecule has 1 heterocycles. The second kappa shape index (κ2) is 8.38. The number of aromatic nitrogens is 1. The van der Waals surface area contributed by atoms with Crippen LogP contribution in [0.15, 0.2) is 66.9 Å². The number of pyridine rings is 1. The molecule has 0 fully saturated rings. The summed E-state index contributed by atoms with van der Waals surface area (Å²) in [5.74, 6) is -2.42. The number of rotatable bonds is 5. The molecule has 0 aliphatic carbocycles. The monoisotopic (exact) mass is 406 g/mol. The first-order chi connectivity index (χ1) is 13.7. The van der Waals surface area contributed by atoms with Gasteiger partial charge in [0.2, 0.25) is 5.91 Å². The van der Waals surface area contributed by atoms with E-state index in [-0.39, 0.29) is 17.8 Å². The van der Waals surface area contributed by atoms with E-state index in [0.29, 0.717) is 11.8 Å². The normalized spacial score (nSPS) is 11.3. The lowest BCUT2D eigenvalue weighted by Crippen LogP contribution is -2.33. The van der Waals surface area contributed by atoms with Crippen molar-refractivity contribution in [2.75, 3.05) is 4.90 Å². The van der Waals surface area contributed by atoms with Crippen LogP contribution in [0.4, 0.5) is 27.6 Å². The highest BCUT2D eigenvalue weighted by atomic mass is 19.4. The Labute approximate surface area is 163 Å². The second-order valence-electron chi connectivity index (χ2n) is 6.27. The van der Waals surface area contributed by atoms with Gasteiger partial charge in [-0.3, -0.25) is 9.78 Å². The third kappa shape index (κ3) is 5.16. The first-order valence-corrected chi connectivity index (χ1v) is 8.55. The number of carbonyl (C=O) groups excluding carboxylic acids is 1. The molecule has 0 aliphatic heterocycles. The van der Waals surface area contributed by atoms with Gasteiger partial charge in [-0.2, -0.15) is 13.2 Å². The SMILES string of the molecule is O=C(Cc1cccc(C(F)(F)F)c1)N(Cc1ccccn1)c1ccc(F)cc1F. The Balaban J connectivity index is 1.92. The van der Waals surface area contributed by atoms with E-state index < -0.39 is 35.7 Å². The number of anilines is 1. The molecule has 0 N–H and O–H groups in total. The summed E-state index contributed by atoms with van der Waals surface area (Å²) in [6.45, 7) is -0.124. The number of hydrogen-bond donors (Lipinski definition) is 0. The molecule has 3 rings (SSSR count). The third-order valence-corrected chi connectivity index (χ3v) is 4.16. The number of nitrogens with zero attached hydrogens (tertiary/aromatic N) is 2. The Hall–Kier alpha value is -3.29. The molecule has 1 aromatic heterocycles. The van der Waals surface area contributed by atoms with Crippen LogP contribution in [0, 0.1) is 11.6 Å². The van der Waals surface area contributed by atoms with Gasteiger partial charge in [-0.1, -0.05) is 24.3 Å². The van der Waals surface area contributed by atoms with Crippen molar-refractivity contribution in [3.05, 3.63) is 95.3 Å². The fourth-order valence-corrected chi connectivity index (χ4v) is 2.79. The molecule has 3 nitrogen and oxygen atoms in total. The zero-order chi connectivity index (χ0) is 21.0.